The van der Waals surface area contributed by atoms with Gasteiger partial charge in [0, 0.05) is 11.8 Å². The van der Waals surface area contributed by atoms with Crippen molar-refractivity contribution in [1.82, 2.24) is 9.97 Å². The molecule has 2 rings (SSSR count). The van der Waals surface area contributed by atoms with Gasteiger partial charge in [0.1, 0.15) is 0 Å². The van der Waals surface area contributed by atoms with Crippen LogP contribution in [0.4, 0.5) is 5.69 Å². The van der Waals surface area contributed by atoms with Crippen molar-refractivity contribution in [3.05, 3.63) is 51.9 Å². The molecule has 0 saturated heterocycles. The summed E-state index contributed by atoms with van der Waals surface area (Å²) in [6.07, 6.45) is 0.901. The molecule has 1 amide bonds. The van der Waals surface area contributed by atoms with Gasteiger partial charge < -0.3 is 15.0 Å². The van der Waals surface area contributed by atoms with Gasteiger partial charge >= 0.3 is 0 Å². The number of hydrogen-bond acceptors (Lipinski definition) is 5. The maximum atomic E-state index is 12.2. The number of carbonyl (C=O) groups is 1. The molecule has 0 unspecified atom stereocenters. The lowest BCUT2D eigenvalue weighted by Gasteiger charge is -2.10. The zero-order chi connectivity index (χ0) is 18.2. The van der Waals surface area contributed by atoms with Gasteiger partial charge in [-0.25, -0.2) is 4.98 Å². The van der Waals surface area contributed by atoms with Gasteiger partial charge in [-0.2, -0.15) is 0 Å². The number of aryl methyl sites for hydroxylation is 1. The van der Waals surface area contributed by atoms with E-state index in [-0.39, 0.29) is 29.9 Å². The molecule has 0 aliphatic heterocycles. The number of aromatic nitrogens is 2. The lowest BCUT2D eigenvalue weighted by atomic mass is 10.1. The fraction of sp³-hybridized carbons (Fsp3) is 0.389. The predicted octanol–water partition coefficient (Wildman–Crippen LogP) is 2.99. The van der Waals surface area contributed by atoms with E-state index in [1.807, 2.05) is 45.0 Å². The second-order valence-electron chi connectivity index (χ2n) is 5.75. The minimum absolute atomic E-state index is 0.0570. The maximum Gasteiger partial charge on any atom is 0.251 e. The molecule has 25 heavy (non-hydrogen) atoms. The molecule has 0 bridgehead atoms. The van der Waals surface area contributed by atoms with Crippen LogP contribution in [-0.2, 0) is 22.6 Å². The highest BCUT2D eigenvalue weighted by atomic mass is 32.2. The standard InChI is InChI=1S/C18H23N3O3S/c1-4-13-7-5-6-8-15(13)20-17(23)11-25-18-19-14(9-16(22)21-18)10-24-12(2)3/h5-9,12H,4,10-11H2,1-3H3,(H,20,23)(H,19,21,22). The molecule has 1 aromatic carbocycles. The summed E-state index contributed by atoms with van der Waals surface area (Å²) in [4.78, 5) is 30.8. The number of hydrogen-bond donors (Lipinski definition) is 2. The molecule has 0 radical (unpaired) electrons. The molecule has 0 fully saturated rings. The van der Waals surface area contributed by atoms with E-state index in [0.717, 1.165) is 17.7 Å². The Morgan fingerprint density at radius 3 is 2.84 bits per heavy atom. The molecule has 0 aliphatic carbocycles. The summed E-state index contributed by atoms with van der Waals surface area (Å²) in [6, 6.07) is 9.11. The third kappa shape index (κ3) is 6.36. The van der Waals surface area contributed by atoms with E-state index in [0.29, 0.717) is 10.9 Å². The summed E-state index contributed by atoms with van der Waals surface area (Å²) in [5, 5.41) is 3.31. The van der Waals surface area contributed by atoms with Crippen molar-refractivity contribution < 1.29 is 9.53 Å². The highest BCUT2D eigenvalue weighted by Crippen LogP contribution is 2.17. The van der Waals surface area contributed by atoms with Crippen LogP contribution in [0.2, 0.25) is 0 Å². The lowest BCUT2D eigenvalue weighted by Crippen LogP contribution is -2.17. The Morgan fingerprint density at radius 1 is 1.36 bits per heavy atom. The van der Waals surface area contributed by atoms with Crippen LogP contribution in [0, 0.1) is 0 Å². The van der Waals surface area contributed by atoms with Crippen molar-refractivity contribution in [3.8, 4) is 0 Å². The summed E-state index contributed by atoms with van der Waals surface area (Å²) in [5.74, 6) is 0.0209. The lowest BCUT2D eigenvalue weighted by molar-refractivity contribution is -0.113. The Bertz CT molecular complexity index is 774. The third-order valence-corrected chi connectivity index (χ3v) is 4.22. The van der Waals surface area contributed by atoms with Crippen molar-refractivity contribution in [2.24, 2.45) is 0 Å². The molecule has 0 aliphatic rings. The van der Waals surface area contributed by atoms with E-state index >= 15 is 0 Å². The van der Waals surface area contributed by atoms with E-state index < -0.39 is 0 Å². The smallest absolute Gasteiger partial charge is 0.251 e. The Balaban J connectivity index is 1.96. The minimum Gasteiger partial charge on any atom is -0.373 e. The van der Waals surface area contributed by atoms with Crippen LogP contribution in [0.1, 0.15) is 32.0 Å². The molecule has 2 N–H and O–H groups in total. The van der Waals surface area contributed by atoms with Crippen LogP contribution in [0.3, 0.4) is 0 Å². The summed E-state index contributed by atoms with van der Waals surface area (Å²) >= 11 is 1.19. The van der Waals surface area contributed by atoms with Gasteiger partial charge in [-0.15, -0.1) is 0 Å². The topological polar surface area (TPSA) is 84.1 Å². The fourth-order valence-corrected chi connectivity index (χ4v) is 2.84. The number of H-pyrrole nitrogens is 1. The van der Waals surface area contributed by atoms with Crippen molar-refractivity contribution in [3.63, 3.8) is 0 Å². The Labute approximate surface area is 151 Å². The maximum absolute atomic E-state index is 12.2. The summed E-state index contributed by atoms with van der Waals surface area (Å²) in [7, 11) is 0. The highest BCUT2D eigenvalue weighted by Gasteiger charge is 2.09. The number of carbonyl (C=O) groups excluding carboxylic acids is 1. The largest absolute Gasteiger partial charge is 0.373 e. The van der Waals surface area contributed by atoms with Gasteiger partial charge in [-0.05, 0) is 31.9 Å². The normalized spacial score (nSPS) is 10.9. The molecule has 0 atom stereocenters. The number of thioether (sulfide) groups is 1. The summed E-state index contributed by atoms with van der Waals surface area (Å²) in [6.45, 7) is 6.15. The van der Waals surface area contributed by atoms with Crippen LogP contribution >= 0.6 is 11.8 Å². The van der Waals surface area contributed by atoms with Crippen molar-refractivity contribution in [1.29, 1.82) is 0 Å². The van der Waals surface area contributed by atoms with Gasteiger partial charge in [0.05, 0.1) is 24.2 Å². The van der Waals surface area contributed by atoms with Gasteiger partial charge in [0.2, 0.25) is 5.91 Å². The molecule has 1 heterocycles. The van der Waals surface area contributed by atoms with Gasteiger partial charge in [0.25, 0.3) is 5.56 Å². The quantitative estimate of drug-likeness (QED) is 0.558. The van der Waals surface area contributed by atoms with E-state index in [4.69, 9.17) is 4.74 Å². The van der Waals surface area contributed by atoms with Crippen LogP contribution in [0.25, 0.3) is 0 Å². The van der Waals surface area contributed by atoms with Crippen LogP contribution in [0.5, 0.6) is 0 Å². The Morgan fingerprint density at radius 2 is 2.12 bits per heavy atom. The van der Waals surface area contributed by atoms with Gasteiger partial charge in [-0.1, -0.05) is 36.9 Å². The minimum atomic E-state index is -0.253. The van der Waals surface area contributed by atoms with Gasteiger partial charge in [-0.3, -0.25) is 9.59 Å². The SMILES string of the molecule is CCc1ccccc1NC(=O)CSc1nc(COC(C)C)cc(=O)[nH]1. The first-order valence-corrected chi connectivity index (χ1v) is 9.19. The van der Waals surface area contributed by atoms with Crippen LogP contribution in [0.15, 0.2) is 40.3 Å². The number of nitrogens with one attached hydrogen (secondary N) is 2. The van der Waals surface area contributed by atoms with Crippen LogP contribution in [-0.4, -0.2) is 27.7 Å². The Hall–Kier alpha value is -2.12. The van der Waals surface area contributed by atoms with E-state index in [1.165, 1.54) is 17.8 Å². The second-order valence-corrected chi connectivity index (χ2v) is 6.71. The zero-order valence-corrected chi connectivity index (χ0v) is 15.5. The average Bonchev–Trinajstić information content (AvgIpc) is 2.58. The van der Waals surface area contributed by atoms with E-state index in [1.54, 1.807) is 0 Å². The first-order chi connectivity index (χ1) is 12.0. The van der Waals surface area contributed by atoms with Crippen LogP contribution < -0.4 is 10.9 Å². The number of rotatable bonds is 8. The van der Waals surface area contributed by atoms with E-state index in [2.05, 4.69) is 15.3 Å². The number of para-hydroxylation sites is 1. The fourth-order valence-electron chi connectivity index (χ4n) is 2.15. The second kappa shape index (κ2) is 9.39. The van der Waals surface area contributed by atoms with Crippen molar-refractivity contribution >= 4 is 23.4 Å². The van der Waals surface area contributed by atoms with Gasteiger partial charge in [0.15, 0.2) is 5.16 Å². The van der Waals surface area contributed by atoms with Crippen molar-refractivity contribution in [2.75, 3.05) is 11.1 Å². The number of ether oxygens (including phenoxy) is 1. The number of anilines is 1. The molecule has 7 heteroatoms. The van der Waals surface area contributed by atoms with E-state index in [9.17, 15) is 9.59 Å². The number of amides is 1. The molecule has 0 saturated carbocycles. The average molecular weight is 361 g/mol. The molecule has 134 valence electrons. The zero-order valence-electron chi connectivity index (χ0n) is 14.7. The van der Waals surface area contributed by atoms with Crippen molar-refractivity contribution in [2.45, 2.75) is 45.1 Å². The third-order valence-electron chi connectivity index (χ3n) is 3.35. The molecular formula is C18H23N3O3S. The number of nitrogens with zero attached hydrogens (tertiary/aromatic N) is 1. The molecule has 0 spiro atoms. The molecule has 1 aromatic heterocycles. The Kier molecular flexibility index (Phi) is 7.21. The number of aromatic amines is 1. The molecule has 6 nitrogen and oxygen atoms in total. The molecular weight excluding hydrogens is 338 g/mol. The monoisotopic (exact) mass is 361 g/mol. The molecule has 2 aromatic rings. The predicted molar refractivity (Wildman–Crippen MR) is 100.0 cm³/mol. The first-order valence-electron chi connectivity index (χ1n) is 8.20. The summed E-state index contributed by atoms with van der Waals surface area (Å²) in [5.41, 5.74) is 2.20. The summed E-state index contributed by atoms with van der Waals surface area (Å²) < 4.78 is 5.46. The first kappa shape index (κ1) is 19.2. The highest BCUT2D eigenvalue weighted by molar-refractivity contribution is 7.99. The number of benzene rings is 1.